The number of hydrogen-bond donors (Lipinski definition) is 1. The Morgan fingerprint density at radius 1 is 1.29 bits per heavy atom. The van der Waals surface area contributed by atoms with Gasteiger partial charge in [0.2, 0.25) is 5.88 Å². The third kappa shape index (κ3) is 3.02. The number of nitriles is 1. The average molecular weight is 438 g/mol. The molecule has 140 valence electrons. The Labute approximate surface area is 169 Å². The van der Waals surface area contributed by atoms with Gasteiger partial charge >= 0.3 is 0 Å². The summed E-state index contributed by atoms with van der Waals surface area (Å²) < 4.78 is 13.5. The van der Waals surface area contributed by atoms with E-state index >= 15 is 0 Å². The zero-order valence-corrected chi connectivity index (χ0v) is 16.6. The predicted molar refractivity (Wildman–Crippen MR) is 107 cm³/mol. The first kappa shape index (κ1) is 18.1. The lowest BCUT2D eigenvalue weighted by molar-refractivity contribution is 0.387. The molecule has 2 aromatic heterocycles. The SMILES string of the molecule is Cc1cc2c(c(=O)n1Cc1ccco1)[C@@H](c1cccc(Br)c1)C(C#N)=C(N)O2. The summed E-state index contributed by atoms with van der Waals surface area (Å²) in [7, 11) is 0. The third-order valence-corrected chi connectivity index (χ3v) is 5.26. The van der Waals surface area contributed by atoms with Gasteiger partial charge in [-0.1, -0.05) is 28.1 Å². The highest BCUT2D eigenvalue weighted by molar-refractivity contribution is 9.10. The number of aryl methyl sites for hydroxylation is 1. The molecular formula is C21H16BrN3O3. The van der Waals surface area contributed by atoms with Crippen LogP contribution >= 0.6 is 15.9 Å². The Kier molecular flexibility index (Phi) is 4.57. The van der Waals surface area contributed by atoms with Gasteiger partial charge in [-0.3, -0.25) is 4.79 Å². The van der Waals surface area contributed by atoms with E-state index in [2.05, 4.69) is 22.0 Å². The predicted octanol–water partition coefficient (Wildman–Crippen LogP) is 3.78. The van der Waals surface area contributed by atoms with Crippen molar-refractivity contribution in [3.63, 3.8) is 0 Å². The van der Waals surface area contributed by atoms with Crippen molar-refractivity contribution in [1.82, 2.24) is 4.57 Å². The monoisotopic (exact) mass is 437 g/mol. The van der Waals surface area contributed by atoms with E-state index in [-0.39, 0.29) is 23.6 Å². The smallest absolute Gasteiger partial charge is 0.259 e. The molecule has 0 aliphatic carbocycles. The molecule has 3 aromatic rings. The lowest BCUT2D eigenvalue weighted by atomic mass is 9.84. The van der Waals surface area contributed by atoms with Gasteiger partial charge in [0.05, 0.1) is 24.3 Å². The van der Waals surface area contributed by atoms with Crippen molar-refractivity contribution >= 4 is 15.9 Å². The van der Waals surface area contributed by atoms with Crippen LogP contribution in [0.15, 0.2) is 73.9 Å². The van der Waals surface area contributed by atoms with Crippen LogP contribution in [0.5, 0.6) is 5.75 Å². The molecule has 1 aromatic carbocycles. The van der Waals surface area contributed by atoms with Crippen LogP contribution in [-0.4, -0.2) is 4.57 Å². The number of hydrogen-bond acceptors (Lipinski definition) is 5. The Balaban J connectivity index is 1.96. The van der Waals surface area contributed by atoms with E-state index in [9.17, 15) is 10.1 Å². The van der Waals surface area contributed by atoms with Crippen LogP contribution in [0, 0.1) is 18.3 Å². The Hall–Kier alpha value is -3.24. The van der Waals surface area contributed by atoms with Gasteiger partial charge in [0, 0.05) is 16.2 Å². The van der Waals surface area contributed by atoms with Crippen molar-refractivity contribution in [3.8, 4) is 11.8 Å². The maximum atomic E-state index is 13.5. The molecule has 4 rings (SSSR count). The molecule has 0 bridgehead atoms. The van der Waals surface area contributed by atoms with Crippen LogP contribution in [0.1, 0.15) is 28.5 Å². The first-order valence-electron chi connectivity index (χ1n) is 8.59. The van der Waals surface area contributed by atoms with Crippen LogP contribution in [0.4, 0.5) is 0 Å². The fourth-order valence-corrected chi connectivity index (χ4v) is 3.88. The number of allylic oxidation sites excluding steroid dienone is 1. The van der Waals surface area contributed by atoms with Crippen LogP contribution in [-0.2, 0) is 6.54 Å². The van der Waals surface area contributed by atoms with Crippen molar-refractivity contribution < 1.29 is 9.15 Å². The van der Waals surface area contributed by atoms with Crippen molar-refractivity contribution in [1.29, 1.82) is 5.26 Å². The molecule has 0 saturated carbocycles. The van der Waals surface area contributed by atoms with Gasteiger partial charge in [-0.15, -0.1) is 0 Å². The number of furan rings is 1. The van der Waals surface area contributed by atoms with E-state index in [0.717, 1.165) is 10.0 Å². The number of pyridine rings is 1. The molecular weight excluding hydrogens is 422 g/mol. The first-order valence-corrected chi connectivity index (χ1v) is 9.38. The van der Waals surface area contributed by atoms with Gasteiger partial charge in [0.25, 0.3) is 5.56 Å². The number of fused-ring (bicyclic) bond motifs is 1. The molecule has 3 heterocycles. The van der Waals surface area contributed by atoms with Crippen molar-refractivity contribution in [3.05, 3.63) is 97.6 Å². The second-order valence-electron chi connectivity index (χ2n) is 6.51. The molecule has 7 heteroatoms. The van der Waals surface area contributed by atoms with E-state index in [4.69, 9.17) is 14.9 Å². The first-order chi connectivity index (χ1) is 13.5. The molecule has 0 spiro atoms. The summed E-state index contributed by atoms with van der Waals surface area (Å²) in [6.45, 7) is 2.11. The van der Waals surface area contributed by atoms with Gasteiger partial charge < -0.3 is 19.5 Å². The molecule has 2 N–H and O–H groups in total. The molecule has 1 aliphatic heterocycles. The number of ether oxygens (including phenoxy) is 1. The fourth-order valence-electron chi connectivity index (χ4n) is 3.46. The topological polar surface area (TPSA) is 94.2 Å². The van der Waals surface area contributed by atoms with E-state index in [1.165, 1.54) is 0 Å². The largest absolute Gasteiger partial charge is 0.467 e. The number of rotatable bonds is 3. The summed E-state index contributed by atoms with van der Waals surface area (Å²) in [5, 5.41) is 9.71. The maximum absolute atomic E-state index is 13.5. The average Bonchev–Trinajstić information content (AvgIpc) is 3.17. The van der Waals surface area contributed by atoms with Crippen molar-refractivity contribution in [2.45, 2.75) is 19.4 Å². The summed E-state index contributed by atoms with van der Waals surface area (Å²) >= 11 is 3.45. The van der Waals surface area contributed by atoms with E-state index in [0.29, 0.717) is 22.8 Å². The number of nitrogens with two attached hydrogens (primary N) is 1. The molecule has 1 aliphatic rings. The molecule has 0 radical (unpaired) electrons. The van der Waals surface area contributed by atoms with Gasteiger partial charge in [0.1, 0.15) is 23.2 Å². The molecule has 28 heavy (non-hydrogen) atoms. The van der Waals surface area contributed by atoms with Crippen molar-refractivity contribution in [2.75, 3.05) is 0 Å². The van der Waals surface area contributed by atoms with Crippen LogP contribution in [0.3, 0.4) is 0 Å². The number of halogens is 1. The molecule has 0 fully saturated rings. The summed E-state index contributed by atoms with van der Waals surface area (Å²) in [4.78, 5) is 13.5. The standard InChI is InChI=1S/C21H16BrN3O3/c1-12-8-17-19(21(26)25(12)11-15-6-3-7-27-15)18(16(10-23)20(24)28-17)13-4-2-5-14(22)9-13/h2-9,18H,11,24H2,1H3/t18-/m0/s1. The highest BCUT2D eigenvalue weighted by Gasteiger charge is 2.34. The quantitative estimate of drug-likeness (QED) is 0.672. The number of nitrogens with zero attached hydrogens (tertiary/aromatic N) is 2. The van der Waals surface area contributed by atoms with E-state index in [1.54, 1.807) is 23.0 Å². The molecule has 6 nitrogen and oxygen atoms in total. The third-order valence-electron chi connectivity index (χ3n) is 4.77. The minimum atomic E-state index is -0.609. The van der Waals surface area contributed by atoms with E-state index in [1.807, 2.05) is 37.3 Å². The van der Waals surface area contributed by atoms with Gasteiger partial charge in [-0.25, -0.2) is 0 Å². The van der Waals surface area contributed by atoms with Crippen LogP contribution in [0.25, 0.3) is 0 Å². The highest BCUT2D eigenvalue weighted by atomic mass is 79.9. The summed E-state index contributed by atoms with van der Waals surface area (Å²) in [6.07, 6.45) is 1.57. The molecule has 0 unspecified atom stereocenters. The lowest BCUT2D eigenvalue weighted by Gasteiger charge is -2.27. The maximum Gasteiger partial charge on any atom is 0.259 e. The van der Waals surface area contributed by atoms with Crippen molar-refractivity contribution in [2.24, 2.45) is 5.73 Å². The van der Waals surface area contributed by atoms with Gasteiger partial charge in [-0.05, 0) is 36.8 Å². The zero-order valence-electron chi connectivity index (χ0n) is 15.0. The molecule has 0 amide bonds. The Bertz CT molecular complexity index is 1190. The second kappa shape index (κ2) is 7.06. The van der Waals surface area contributed by atoms with Gasteiger partial charge in [0.15, 0.2) is 0 Å². The minimum Gasteiger partial charge on any atom is -0.467 e. The van der Waals surface area contributed by atoms with E-state index < -0.39 is 5.92 Å². The Morgan fingerprint density at radius 2 is 2.11 bits per heavy atom. The minimum absolute atomic E-state index is 0.0163. The summed E-state index contributed by atoms with van der Waals surface area (Å²) in [5.41, 5.74) is 7.88. The highest BCUT2D eigenvalue weighted by Crippen LogP contribution is 2.41. The lowest BCUT2D eigenvalue weighted by Crippen LogP contribution is -2.33. The van der Waals surface area contributed by atoms with Crippen LogP contribution in [0.2, 0.25) is 0 Å². The molecule has 0 saturated heterocycles. The number of benzene rings is 1. The zero-order chi connectivity index (χ0) is 19.8. The fraction of sp³-hybridized carbons (Fsp3) is 0.143. The number of aromatic nitrogens is 1. The summed E-state index contributed by atoms with van der Waals surface area (Å²) in [6, 6.07) is 15.0. The normalized spacial score (nSPS) is 15.7. The summed E-state index contributed by atoms with van der Waals surface area (Å²) in [5.74, 6) is 0.445. The Morgan fingerprint density at radius 3 is 2.79 bits per heavy atom. The van der Waals surface area contributed by atoms with Crippen LogP contribution < -0.4 is 16.0 Å². The van der Waals surface area contributed by atoms with Gasteiger partial charge in [-0.2, -0.15) is 5.26 Å². The second-order valence-corrected chi connectivity index (χ2v) is 7.43. The molecule has 1 atom stereocenters.